The molecule has 4 rings (SSSR count). The second kappa shape index (κ2) is 5.42. The molecule has 0 saturated heterocycles. The molecule has 0 bridgehead atoms. The van der Waals surface area contributed by atoms with E-state index in [0.29, 0.717) is 6.04 Å². The predicted molar refractivity (Wildman–Crippen MR) is 82.1 cm³/mol. The van der Waals surface area contributed by atoms with Gasteiger partial charge in [0.15, 0.2) is 0 Å². The van der Waals surface area contributed by atoms with Gasteiger partial charge in [-0.2, -0.15) is 0 Å². The molecule has 0 radical (unpaired) electrons. The lowest BCUT2D eigenvalue weighted by Gasteiger charge is -2.09. The summed E-state index contributed by atoms with van der Waals surface area (Å²) in [6.45, 7) is 1.55. The molecule has 1 aromatic heterocycles. The van der Waals surface area contributed by atoms with Crippen molar-refractivity contribution in [2.45, 2.75) is 44.5 Å². The third-order valence-electron chi connectivity index (χ3n) is 3.89. The van der Waals surface area contributed by atoms with Gasteiger partial charge in [0.25, 0.3) is 0 Å². The van der Waals surface area contributed by atoms with Crippen LogP contribution in [0, 0.1) is 0 Å². The van der Waals surface area contributed by atoms with Gasteiger partial charge in [-0.1, -0.05) is 21.1 Å². The summed E-state index contributed by atoms with van der Waals surface area (Å²) in [6.07, 6.45) is 5.65. The molecule has 1 aliphatic carbocycles. The Bertz CT molecular complexity index is 653. The summed E-state index contributed by atoms with van der Waals surface area (Å²) < 4.78 is 8.94. The lowest BCUT2D eigenvalue weighted by molar-refractivity contribution is 0.202. The molecule has 1 fully saturated rings. The second-order valence-corrected chi connectivity index (χ2v) is 6.70. The highest BCUT2D eigenvalue weighted by molar-refractivity contribution is 9.10. The zero-order valence-electron chi connectivity index (χ0n) is 11.6. The Labute approximate surface area is 131 Å². The van der Waals surface area contributed by atoms with E-state index in [9.17, 15) is 0 Å². The highest BCUT2D eigenvalue weighted by Gasteiger charge is 2.24. The molecule has 110 valence electrons. The normalized spacial score (nSPS) is 20.3. The van der Waals surface area contributed by atoms with Gasteiger partial charge in [0.2, 0.25) is 0 Å². The minimum atomic E-state index is 0.139. The first-order chi connectivity index (χ1) is 10.3. The van der Waals surface area contributed by atoms with E-state index in [0.717, 1.165) is 35.4 Å². The molecule has 5 nitrogen and oxygen atoms in total. The topological polar surface area (TPSA) is 52.0 Å². The zero-order chi connectivity index (χ0) is 14.2. The highest BCUT2D eigenvalue weighted by atomic mass is 79.9. The molecule has 1 unspecified atom stereocenters. The number of fused-ring (bicyclic) bond motifs is 1. The summed E-state index contributed by atoms with van der Waals surface area (Å²) in [4.78, 5) is 0. The summed E-state index contributed by atoms with van der Waals surface area (Å²) in [7, 11) is 0. The minimum absolute atomic E-state index is 0.139. The Balaban J connectivity index is 1.36. The smallest absolute Gasteiger partial charge is 0.123 e. The van der Waals surface area contributed by atoms with Gasteiger partial charge in [-0.3, -0.25) is 0 Å². The molecule has 0 spiro atoms. The molecule has 21 heavy (non-hydrogen) atoms. The lowest BCUT2D eigenvalue weighted by atomic mass is 10.1. The molecule has 1 aromatic carbocycles. The van der Waals surface area contributed by atoms with Gasteiger partial charge in [0.1, 0.15) is 11.9 Å². The Morgan fingerprint density at radius 3 is 3.14 bits per heavy atom. The molecule has 2 aromatic rings. The van der Waals surface area contributed by atoms with Crippen LogP contribution in [-0.4, -0.2) is 27.1 Å². The lowest BCUT2D eigenvalue weighted by Crippen LogP contribution is -2.21. The molecule has 6 heteroatoms. The van der Waals surface area contributed by atoms with Crippen LogP contribution in [0.3, 0.4) is 0 Å². The molecule has 1 atom stereocenters. The van der Waals surface area contributed by atoms with E-state index in [4.69, 9.17) is 4.74 Å². The Kier molecular flexibility index (Phi) is 3.43. The van der Waals surface area contributed by atoms with Crippen molar-refractivity contribution in [1.82, 2.24) is 20.3 Å². The molecular weight excluding hydrogens is 332 g/mol. The van der Waals surface area contributed by atoms with E-state index in [1.54, 1.807) is 0 Å². The summed E-state index contributed by atoms with van der Waals surface area (Å²) in [6, 6.07) is 6.85. The molecule has 1 aliphatic heterocycles. The summed E-state index contributed by atoms with van der Waals surface area (Å²) in [5, 5.41) is 11.9. The standard InChI is InChI=1S/C15H17BrN4O/c16-11-1-4-15-10(5-11)6-14(21-15)9-20-8-13(18-19-20)7-17-12-2-3-12/h1,4-5,8,12,14,17H,2-3,6-7,9H2. The van der Waals surface area contributed by atoms with Crippen LogP contribution >= 0.6 is 15.9 Å². The van der Waals surface area contributed by atoms with E-state index in [2.05, 4.69) is 37.6 Å². The van der Waals surface area contributed by atoms with Crippen molar-refractivity contribution in [3.8, 4) is 5.75 Å². The average molecular weight is 349 g/mol. The van der Waals surface area contributed by atoms with Crippen molar-refractivity contribution >= 4 is 15.9 Å². The SMILES string of the molecule is Brc1ccc2c(c1)CC(Cn1cc(CNC3CC3)nn1)O2. The van der Waals surface area contributed by atoms with Crippen LogP contribution in [0.5, 0.6) is 5.75 Å². The largest absolute Gasteiger partial charge is 0.488 e. The summed E-state index contributed by atoms with van der Waals surface area (Å²) >= 11 is 3.50. The fourth-order valence-electron chi connectivity index (χ4n) is 2.64. The number of hydrogen-bond donors (Lipinski definition) is 1. The molecule has 1 N–H and O–H groups in total. The van der Waals surface area contributed by atoms with Crippen molar-refractivity contribution < 1.29 is 4.74 Å². The molecule has 1 saturated carbocycles. The van der Waals surface area contributed by atoms with Gasteiger partial charge in [-0.05, 0) is 36.6 Å². The molecule has 0 amide bonds. The van der Waals surface area contributed by atoms with Crippen LogP contribution in [0.15, 0.2) is 28.9 Å². The maximum Gasteiger partial charge on any atom is 0.123 e. The van der Waals surface area contributed by atoms with E-state index in [-0.39, 0.29) is 6.10 Å². The van der Waals surface area contributed by atoms with Crippen LogP contribution in [0.4, 0.5) is 0 Å². The number of benzene rings is 1. The number of halogens is 1. The molecule has 2 aliphatic rings. The monoisotopic (exact) mass is 348 g/mol. The van der Waals surface area contributed by atoms with Crippen molar-refractivity contribution in [2.24, 2.45) is 0 Å². The Morgan fingerprint density at radius 2 is 2.29 bits per heavy atom. The quantitative estimate of drug-likeness (QED) is 0.900. The molecular formula is C15H17BrN4O. The van der Waals surface area contributed by atoms with E-state index in [1.807, 2.05) is 23.0 Å². The maximum atomic E-state index is 5.96. The number of aromatic nitrogens is 3. The number of ether oxygens (including phenoxy) is 1. The first-order valence-corrected chi connectivity index (χ1v) is 8.13. The van der Waals surface area contributed by atoms with E-state index in [1.165, 1.54) is 18.4 Å². The van der Waals surface area contributed by atoms with Gasteiger partial charge in [0, 0.05) is 29.7 Å². The van der Waals surface area contributed by atoms with E-state index < -0.39 is 0 Å². The maximum absolute atomic E-state index is 5.96. The van der Waals surface area contributed by atoms with Gasteiger partial charge in [-0.25, -0.2) is 4.68 Å². The number of rotatable bonds is 5. The molecule has 2 heterocycles. The number of nitrogens with zero attached hydrogens (tertiary/aromatic N) is 3. The second-order valence-electron chi connectivity index (χ2n) is 5.78. The third-order valence-corrected chi connectivity index (χ3v) is 4.38. The van der Waals surface area contributed by atoms with Crippen LogP contribution in [0.1, 0.15) is 24.1 Å². The van der Waals surface area contributed by atoms with Gasteiger partial charge < -0.3 is 10.1 Å². The van der Waals surface area contributed by atoms with Crippen molar-refractivity contribution in [3.05, 3.63) is 40.1 Å². The average Bonchev–Trinajstić information content (AvgIpc) is 3.05. The van der Waals surface area contributed by atoms with Gasteiger partial charge in [-0.15, -0.1) is 5.10 Å². The third kappa shape index (κ3) is 3.11. The Morgan fingerprint density at radius 1 is 1.38 bits per heavy atom. The fraction of sp³-hybridized carbons (Fsp3) is 0.467. The van der Waals surface area contributed by atoms with Gasteiger partial charge >= 0.3 is 0 Å². The summed E-state index contributed by atoms with van der Waals surface area (Å²) in [5.74, 6) is 0.985. The van der Waals surface area contributed by atoms with Crippen molar-refractivity contribution in [3.63, 3.8) is 0 Å². The Hall–Kier alpha value is -1.40. The van der Waals surface area contributed by atoms with Crippen molar-refractivity contribution in [2.75, 3.05) is 0 Å². The fourth-order valence-corrected chi connectivity index (χ4v) is 3.05. The van der Waals surface area contributed by atoms with Gasteiger partial charge in [0.05, 0.1) is 12.2 Å². The van der Waals surface area contributed by atoms with E-state index >= 15 is 0 Å². The number of hydrogen-bond acceptors (Lipinski definition) is 4. The predicted octanol–water partition coefficient (Wildman–Crippen LogP) is 2.30. The van der Waals surface area contributed by atoms with Crippen LogP contribution in [0.25, 0.3) is 0 Å². The summed E-state index contributed by atoms with van der Waals surface area (Å²) in [5.41, 5.74) is 2.25. The minimum Gasteiger partial charge on any atom is -0.488 e. The first-order valence-electron chi connectivity index (χ1n) is 7.34. The highest BCUT2D eigenvalue weighted by Crippen LogP contribution is 2.31. The van der Waals surface area contributed by atoms with Crippen molar-refractivity contribution in [1.29, 1.82) is 0 Å². The zero-order valence-corrected chi connectivity index (χ0v) is 13.2. The first kappa shape index (κ1) is 13.3. The van der Waals surface area contributed by atoms with Crippen LogP contribution in [-0.2, 0) is 19.5 Å². The number of nitrogens with one attached hydrogen (secondary N) is 1. The van der Waals surface area contributed by atoms with Crippen LogP contribution < -0.4 is 10.1 Å². The van der Waals surface area contributed by atoms with Crippen LogP contribution in [0.2, 0.25) is 0 Å².